The molecule has 0 atom stereocenters. The van der Waals surface area contributed by atoms with E-state index in [1.165, 1.54) is 5.56 Å². The minimum Gasteiger partial charge on any atom is -0.322 e. The SMILES string of the molecule is O=C(/C=C/c1cccs1)Nc1ccccc1Cc1ccccc1. The van der Waals surface area contributed by atoms with Gasteiger partial charge in [0.2, 0.25) is 5.91 Å². The summed E-state index contributed by atoms with van der Waals surface area (Å²) in [5.74, 6) is -0.112. The van der Waals surface area contributed by atoms with Gasteiger partial charge in [0.1, 0.15) is 0 Å². The van der Waals surface area contributed by atoms with E-state index in [1.54, 1.807) is 17.4 Å². The van der Waals surface area contributed by atoms with Gasteiger partial charge in [-0.2, -0.15) is 0 Å². The van der Waals surface area contributed by atoms with Crippen molar-refractivity contribution in [3.05, 3.63) is 94.2 Å². The molecule has 0 unspecified atom stereocenters. The van der Waals surface area contributed by atoms with Crippen LogP contribution in [0.1, 0.15) is 16.0 Å². The van der Waals surface area contributed by atoms with Crippen molar-refractivity contribution in [2.24, 2.45) is 0 Å². The minimum atomic E-state index is -0.112. The summed E-state index contributed by atoms with van der Waals surface area (Å²) < 4.78 is 0. The largest absolute Gasteiger partial charge is 0.322 e. The number of amides is 1. The van der Waals surface area contributed by atoms with Crippen LogP contribution in [-0.4, -0.2) is 5.91 Å². The lowest BCUT2D eigenvalue weighted by Crippen LogP contribution is -2.09. The fourth-order valence-corrected chi connectivity index (χ4v) is 2.95. The molecule has 0 aliphatic rings. The number of carbonyl (C=O) groups excluding carboxylic acids is 1. The molecule has 0 spiro atoms. The monoisotopic (exact) mass is 319 g/mol. The first kappa shape index (κ1) is 15.3. The third-order valence-electron chi connectivity index (χ3n) is 3.45. The van der Waals surface area contributed by atoms with Gasteiger partial charge in [0.05, 0.1) is 0 Å². The zero-order valence-corrected chi connectivity index (χ0v) is 13.4. The Labute approximate surface area is 140 Å². The van der Waals surface area contributed by atoms with Crippen LogP contribution in [0.25, 0.3) is 6.08 Å². The molecule has 1 aromatic heterocycles. The predicted molar refractivity (Wildman–Crippen MR) is 97.7 cm³/mol. The van der Waals surface area contributed by atoms with Crippen molar-refractivity contribution < 1.29 is 4.79 Å². The second kappa shape index (κ2) is 7.56. The zero-order chi connectivity index (χ0) is 15.9. The summed E-state index contributed by atoms with van der Waals surface area (Å²) in [6, 6.07) is 22.1. The van der Waals surface area contributed by atoms with Crippen LogP contribution in [0.3, 0.4) is 0 Å². The van der Waals surface area contributed by atoms with Crippen LogP contribution in [0.15, 0.2) is 78.2 Å². The molecular formula is C20H17NOS. The molecule has 1 heterocycles. The molecule has 0 saturated heterocycles. The number of carbonyl (C=O) groups is 1. The number of thiophene rings is 1. The first-order valence-corrected chi connectivity index (χ1v) is 8.33. The number of hydrogen-bond donors (Lipinski definition) is 1. The molecule has 1 N–H and O–H groups in total. The fourth-order valence-electron chi connectivity index (χ4n) is 2.33. The summed E-state index contributed by atoms with van der Waals surface area (Å²) in [6.07, 6.45) is 4.21. The number of rotatable bonds is 5. The van der Waals surface area contributed by atoms with Gasteiger partial charge in [-0.25, -0.2) is 0 Å². The highest BCUT2D eigenvalue weighted by Crippen LogP contribution is 2.19. The van der Waals surface area contributed by atoms with Crippen LogP contribution in [0, 0.1) is 0 Å². The second-order valence-electron chi connectivity index (χ2n) is 5.16. The van der Waals surface area contributed by atoms with Gasteiger partial charge in [0.15, 0.2) is 0 Å². The second-order valence-corrected chi connectivity index (χ2v) is 6.14. The molecule has 0 radical (unpaired) electrons. The maximum atomic E-state index is 12.1. The number of anilines is 1. The minimum absolute atomic E-state index is 0.112. The average Bonchev–Trinajstić information content (AvgIpc) is 3.09. The van der Waals surface area contributed by atoms with Crippen molar-refractivity contribution in [3.8, 4) is 0 Å². The molecule has 0 saturated carbocycles. The summed E-state index contributed by atoms with van der Waals surface area (Å²) in [5.41, 5.74) is 3.19. The summed E-state index contributed by atoms with van der Waals surface area (Å²) in [4.78, 5) is 13.2. The first-order valence-electron chi connectivity index (χ1n) is 7.46. The number of benzene rings is 2. The Bertz CT molecular complexity index is 792. The molecule has 2 aromatic carbocycles. The van der Waals surface area contributed by atoms with Crippen LogP contribution in [0.4, 0.5) is 5.69 Å². The van der Waals surface area contributed by atoms with E-state index in [4.69, 9.17) is 0 Å². The van der Waals surface area contributed by atoms with Crippen LogP contribution < -0.4 is 5.32 Å². The van der Waals surface area contributed by atoms with Gasteiger partial charge >= 0.3 is 0 Å². The lowest BCUT2D eigenvalue weighted by Gasteiger charge is -2.10. The van der Waals surface area contributed by atoms with Crippen LogP contribution >= 0.6 is 11.3 Å². The Balaban J connectivity index is 1.71. The normalized spacial score (nSPS) is 10.8. The van der Waals surface area contributed by atoms with Gasteiger partial charge in [-0.15, -0.1) is 11.3 Å². The number of para-hydroxylation sites is 1. The zero-order valence-electron chi connectivity index (χ0n) is 12.6. The number of nitrogens with one attached hydrogen (secondary N) is 1. The van der Waals surface area contributed by atoms with E-state index in [0.717, 1.165) is 22.5 Å². The summed E-state index contributed by atoms with van der Waals surface area (Å²) >= 11 is 1.61. The van der Waals surface area contributed by atoms with E-state index in [2.05, 4.69) is 17.4 Å². The average molecular weight is 319 g/mol. The van der Waals surface area contributed by atoms with Gasteiger partial charge in [-0.3, -0.25) is 4.79 Å². The van der Waals surface area contributed by atoms with E-state index < -0.39 is 0 Å². The van der Waals surface area contributed by atoms with Crippen molar-refractivity contribution >= 4 is 29.0 Å². The summed E-state index contributed by atoms with van der Waals surface area (Å²) in [6.45, 7) is 0. The Hall–Kier alpha value is -2.65. The molecule has 0 bridgehead atoms. The molecule has 1 amide bonds. The molecule has 2 nitrogen and oxygen atoms in total. The fraction of sp³-hybridized carbons (Fsp3) is 0.0500. The van der Waals surface area contributed by atoms with Gasteiger partial charge in [-0.1, -0.05) is 54.6 Å². The third-order valence-corrected chi connectivity index (χ3v) is 4.29. The van der Waals surface area contributed by atoms with Crippen LogP contribution in [0.5, 0.6) is 0 Å². The smallest absolute Gasteiger partial charge is 0.248 e. The van der Waals surface area contributed by atoms with Gasteiger partial charge in [-0.05, 0) is 41.1 Å². The molecule has 0 fully saturated rings. The maximum absolute atomic E-state index is 12.1. The van der Waals surface area contributed by atoms with Crippen molar-refractivity contribution in [1.29, 1.82) is 0 Å². The standard InChI is InChI=1S/C20H17NOS/c22-20(13-12-18-10-6-14-23-18)21-19-11-5-4-9-17(19)15-16-7-2-1-3-8-16/h1-14H,15H2,(H,21,22)/b13-12+. The Morgan fingerprint density at radius 2 is 1.74 bits per heavy atom. The van der Waals surface area contributed by atoms with Gasteiger partial charge < -0.3 is 5.32 Å². The summed E-state index contributed by atoms with van der Waals surface area (Å²) in [7, 11) is 0. The Morgan fingerprint density at radius 3 is 2.52 bits per heavy atom. The van der Waals surface area contributed by atoms with Gasteiger partial charge in [0.25, 0.3) is 0 Å². The molecule has 114 valence electrons. The molecule has 3 rings (SSSR count). The Morgan fingerprint density at radius 1 is 0.957 bits per heavy atom. The topological polar surface area (TPSA) is 29.1 Å². The van der Waals surface area contributed by atoms with E-state index in [0.29, 0.717) is 0 Å². The number of hydrogen-bond acceptors (Lipinski definition) is 2. The molecule has 3 aromatic rings. The predicted octanol–water partition coefficient (Wildman–Crippen LogP) is 4.99. The van der Waals surface area contributed by atoms with E-state index in [-0.39, 0.29) is 5.91 Å². The Kier molecular flexibility index (Phi) is 5.02. The first-order chi connectivity index (χ1) is 11.3. The van der Waals surface area contributed by atoms with E-state index >= 15 is 0 Å². The maximum Gasteiger partial charge on any atom is 0.248 e. The van der Waals surface area contributed by atoms with Crippen LogP contribution in [0.2, 0.25) is 0 Å². The summed E-state index contributed by atoms with van der Waals surface area (Å²) in [5, 5.41) is 4.96. The molecule has 23 heavy (non-hydrogen) atoms. The van der Waals surface area contributed by atoms with Crippen molar-refractivity contribution in [3.63, 3.8) is 0 Å². The van der Waals surface area contributed by atoms with E-state index in [9.17, 15) is 4.79 Å². The van der Waals surface area contributed by atoms with E-state index in [1.807, 2.05) is 66.1 Å². The lowest BCUT2D eigenvalue weighted by molar-refractivity contribution is -0.111. The highest BCUT2D eigenvalue weighted by Gasteiger charge is 2.05. The van der Waals surface area contributed by atoms with Crippen molar-refractivity contribution in [2.45, 2.75) is 6.42 Å². The van der Waals surface area contributed by atoms with Crippen molar-refractivity contribution in [2.75, 3.05) is 5.32 Å². The van der Waals surface area contributed by atoms with Crippen LogP contribution in [-0.2, 0) is 11.2 Å². The van der Waals surface area contributed by atoms with Gasteiger partial charge in [0, 0.05) is 16.6 Å². The van der Waals surface area contributed by atoms with Crippen molar-refractivity contribution in [1.82, 2.24) is 0 Å². The molecule has 0 aliphatic heterocycles. The quantitative estimate of drug-likeness (QED) is 0.659. The molecule has 0 aliphatic carbocycles. The highest BCUT2D eigenvalue weighted by atomic mass is 32.1. The highest BCUT2D eigenvalue weighted by molar-refractivity contribution is 7.10. The molecule has 3 heteroatoms. The molecular weight excluding hydrogens is 302 g/mol. The lowest BCUT2D eigenvalue weighted by atomic mass is 10.0. The third kappa shape index (κ3) is 4.41.